The van der Waals surface area contributed by atoms with Crippen LogP contribution in [0.3, 0.4) is 0 Å². The summed E-state index contributed by atoms with van der Waals surface area (Å²) in [6, 6.07) is 5.64. The zero-order valence-electron chi connectivity index (χ0n) is 16.4. The molecule has 144 valence electrons. The van der Waals surface area contributed by atoms with Gasteiger partial charge < -0.3 is 0 Å². The van der Waals surface area contributed by atoms with Crippen LogP contribution in [0.2, 0.25) is 0 Å². The Morgan fingerprint density at radius 3 is 2.33 bits per heavy atom. The first kappa shape index (κ1) is 19.3. The standard InChI is InChI=1S/C22H28N2O3/c1-4-18-19(20(25)17-12-14(2)11-15(3)13-17)24(22(27)23-21(18)26)10-9-16-7-5-6-8-16/h11-13,16H,4-10H2,1-3H3,(H,23,26,27). The highest BCUT2D eigenvalue weighted by molar-refractivity contribution is 6.09. The van der Waals surface area contributed by atoms with Gasteiger partial charge in [0.05, 0.1) is 0 Å². The van der Waals surface area contributed by atoms with Crippen LogP contribution in [0.5, 0.6) is 0 Å². The number of aromatic amines is 1. The largest absolute Gasteiger partial charge is 0.328 e. The van der Waals surface area contributed by atoms with E-state index < -0.39 is 11.2 Å². The summed E-state index contributed by atoms with van der Waals surface area (Å²) in [5, 5.41) is 0. The molecule has 1 N–H and O–H groups in total. The summed E-state index contributed by atoms with van der Waals surface area (Å²) >= 11 is 0. The molecule has 1 fully saturated rings. The van der Waals surface area contributed by atoms with Crippen molar-refractivity contribution in [2.24, 2.45) is 5.92 Å². The number of carbonyl (C=O) groups excluding carboxylic acids is 1. The van der Waals surface area contributed by atoms with Crippen LogP contribution in [0.1, 0.15) is 71.8 Å². The van der Waals surface area contributed by atoms with Crippen molar-refractivity contribution in [1.29, 1.82) is 0 Å². The van der Waals surface area contributed by atoms with Crippen LogP contribution in [0.25, 0.3) is 0 Å². The molecule has 1 saturated carbocycles. The van der Waals surface area contributed by atoms with Crippen molar-refractivity contribution in [3.8, 4) is 0 Å². The van der Waals surface area contributed by atoms with Crippen molar-refractivity contribution in [2.75, 3.05) is 0 Å². The van der Waals surface area contributed by atoms with Gasteiger partial charge in [0.15, 0.2) is 0 Å². The summed E-state index contributed by atoms with van der Waals surface area (Å²) in [6.45, 7) is 6.19. The van der Waals surface area contributed by atoms with Gasteiger partial charge in [-0.05, 0) is 44.7 Å². The number of carbonyl (C=O) groups is 1. The fraction of sp³-hybridized carbons (Fsp3) is 0.500. The fourth-order valence-electron chi connectivity index (χ4n) is 4.27. The van der Waals surface area contributed by atoms with E-state index in [9.17, 15) is 14.4 Å². The SMILES string of the molecule is CCc1c(C(=O)c2cc(C)cc(C)c2)n(CCC2CCCC2)c(=O)[nH]c1=O. The van der Waals surface area contributed by atoms with Gasteiger partial charge >= 0.3 is 5.69 Å². The first-order chi connectivity index (χ1) is 12.9. The lowest BCUT2D eigenvalue weighted by Gasteiger charge is -2.17. The number of H-pyrrole nitrogens is 1. The van der Waals surface area contributed by atoms with Crippen molar-refractivity contribution >= 4 is 5.78 Å². The zero-order valence-corrected chi connectivity index (χ0v) is 16.4. The summed E-state index contributed by atoms with van der Waals surface area (Å²) in [6.07, 6.45) is 6.10. The van der Waals surface area contributed by atoms with Crippen LogP contribution in [0, 0.1) is 19.8 Å². The molecular formula is C22H28N2O3. The predicted molar refractivity (Wildman–Crippen MR) is 107 cm³/mol. The Labute approximate surface area is 159 Å². The lowest BCUT2D eigenvalue weighted by atomic mass is 9.98. The molecule has 1 aromatic carbocycles. The van der Waals surface area contributed by atoms with Gasteiger partial charge in [-0.15, -0.1) is 0 Å². The van der Waals surface area contributed by atoms with Gasteiger partial charge in [-0.1, -0.05) is 49.8 Å². The topological polar surface area (TPSA) is 71.9 Å². The van der Waals surface area contributed by atoms with Gasteiger partial charge in [0.25, 0.3) is 5.56 Å². The van der Waals surface area contributed by atoms with E-state index >= 15 is 0 Å². The Morgan fingerprint density at radius 2 is 1.74 bits per heavy atom. The Hall–Kier alpha value is -2.43. The van der Waals surface area contributed by atoms with Gasteiger partial charge in [0.1, 0.15) is 5.69 Å². The second kappa shape index (κ2) is 8.07. The second-order valence-corrected chi connectivity index (χ2v) is 7.74. The van der Waals surface area contributed by atoms with Crippen molar-refractivity contribution in [2.45, 2.75) is 65.8 Å². The van der Waals surface area contributed by atoms with E-state index in [1.54, 1.807) is 0 Å². The Balaban J connectivity index is 2.08. The van der Waals surface area contributed by atoms with Crippen LogP contribution in [-0.2, 0) is 13.0 Å². The molecule has 2 aromatic rings. The first-order valence-electron chi connectivity index (χ1n) is 9.89. The lowest BCUT2D eigenvalue weighted by Crippen LogP contribution is -2.37. The van der Waals surface area contributed by atoms with Gasteiger partial charge in [-0.3, -0.25) is 19.1 Å². The van der Waals surface area contributed by atoms with Gasteiger partial charge in [0.2, 0.25) is 5.78 Å². The molecule has 1 aliphatic rings. The van der Waals surface area contributed by atoms with Gasteiger partial charge in [-0.2, -0.15) is 0 Å². The third-order valence-electron chi connectivity index (χ3n) is 5.58. The average molecular weight is 368 g/mol. The number of rotatable bonds is 6. The Morgan fingerprint density at radius 1 is 1.11 bits per heavy atom. The Bertz CT molecular complexity index is 942. The number of hydrogen-bond donors (Lipinski definition) is 1. The molecular weight excluding hydrogens is 340 g/mol. The minimum atomic E-state index is -0.483. The predicted octanol–water partition coefficient (Wildman–Crippen LogP) is 3.53. The third-order valence-corrected chi connectivity index (χ3v) is 5.58. The van der Waals surface area contributed by atoms with E-state index in [0.29, 0.717) is 30.0 Å². The number of ketones is 1. The van der Waals surface area contributed by atoms with E-state index in [-0.39, 0.29) is 11.5 Å². The maximum absolute atomic E-state index is 13.3. The zero-order chi connectivity index (χ0) is 19.6. The van der Waals surface area contributed by atoms with Crippen LogP contribution >= 0.6 is 0 Å². The molecule has 0 saturated heterocycles. The van der Waals surface area contributed by atoms with Gasteiger partial charge in [-0.25, -0.2) is 4.79 Å². The minimum absolute atomic E-state index is 0.242. The van der Waals surface area contributed by atoms with E-state index in [1.165, 1.54) is 30.3 Å². The van der Waals surface area contributed by atoms with E-state index in [2.05, 4.69) is 4.98 Å². The van der Waals surface area contributed by atoms with E-state index in [0.717, 1.165) is 17.5 Å². The quantitative estimate of drug-likeness (QED) is 0.793. The molecule has 0 spiro atoms. The molecule has 5 heteroatoms. The van der Waals surface area contributed by atoms with Gasteiger partial charge in [0, 0.05) is 17.7 Å². The van der Waals surface area contributed by atoms with E-state index in [1.807, 2.05) is 39.0 Å². The molecule has 1 heterocycles. The molecule has 1 aromatic heterocycles. The summed E-state index contributed by atoms with van der Waals surface area (Å²) in [5.74, 6) is 0.353. The smallest absolute Gasteiger partial charge is 0.290 e. The van der Waals surface area contributed by atoms with Crippen LogP contribution in [0.15, 0.2) is 27.8 Å². The number of nitrogens with one attached hydrogen (secondary N) is 1. The molecule has 0 aliphatic heterocycles. The first-order valence-corrected chi connectivity index (χ1v) is 9.89. The second-order valence-electron chi connectivity index (χ2n) is 7.74. The lowest BCUT2D eigenvalue weighted by molar-refractivity contribution is 0.102. The van der Waals surface area contributed by atoms with Crippen molar-refractivity contribution in [3.63, 3.8) is 0 Å². The highest BCUT2D eigenvalue weighted by atomic mass is 16.2. The molecule has 0 atom stereocenters. The van der Waals surface area contributed by atoms with E-state index in [4.69, 9.17) is 0 Å². The number of aromatic nitrogens is 2. The van der Waals surface area contributed by atoms with Crippen molar-refractivity contribution in [1.82, 2.24) is 9.55 Å². The summed E-state index contributed by atoms with van der Waals surface area (Å²) < 4.78 is 1.50. The molecule has 27 heavy (non-hydrogen) atoms. The van der Waals surface area contributed by atoms with Crippen molar-refractivity contribution in [3.05, 3.63) is 67.0 Å². The molecule has 0 amide bonds. The maximum atomic E-state index is 13.3. The summed E-state index contributed by atoms with van der Waals surface area (Å²) in [5.41, 5.74) is 2.22. The van der Waals surface area contributed by atoms with Crippen LogP contribution in [0.4, 0.5) is 0 Å². The van der Waals surface area contributed by atoms with Crippen molar-refractivity contribution < 1.29 is 4.79 Å². The molecule has 3 rings (SSSR count). The fourth-order valence-corrected chi connectivity index (χ4v) is 4.27. The van der Waals surface area contributed by atoms with Crippen LogP contribution in [-0.4, -0.2) is 15.3 Å². The average Bonchev–Trinajstić information content (AvgIpc) is 3.12. The number of benzene rings is 1. The van der Waals surface area contributed by atoms with Crippen LogP contribution < -0.4 is 11.2 Å². The molecule has 5 nitrogen and oxygen atoms in total. The molecule has 0 bridgehead atoms. The number of hydrogen-bond acceptors (Lipinski definition) is 3. The highest BCUT2D eigenvalue weighted by Gasteiger charge is 2.23. The number of aryl methyl sites for hydroxylation is 2. The summed E-state index contributed by atoms with van der Waals surface area (Å²) in [7, 11) is 0. The highest BCUT2D eigenvalue weighted by Crippen LogP contribution is 2.28. The Kier molecular flexibility index (Phi) is 5.78. The minimum Gasteiger partial charge on any atom is -0.290 e. The normalized spacial score (nSPS) is 14.6. The molecule has 1 aliphatic carbocycles. The molecule has 0 radical (unpaired) electrons. The summed E-state index contributed by atoms with van der Waals surface area (Å²) in [4.78, 5) is 40.7. The third kappa shape index (κ3) is 4.12. The number of nitrogens with zero attached hydrogens (tertiary/aromatic N) is 1. The maximum Gasteiger partial charge on any atom is 0.328 e. The molecule has 0 unspecified atom stereocenters. The monoisotopic (exact) mass is 368 g/mol.